The van der Waals surface area contributed by atoms with Gasteiger partial charge in [-0.25, -0.2) is 0 Å². The maximum absolute atomic E-state index is 8.68. The van der Waals surface area contributed by atoms with Crippen molar-refractivity contribution < 1.29 is 5.11 Å². The first-order valence-electron chi connectivity index (χ1n) is 4.48. The summed E-state index contributed by atoms with van der Waals surface area (Å²) in [6.07, 6.45) is 4.51. The molecular weight excluding hydrogens is 138 g/mol. The van der Waals surface area contributed by atoms with Gasteiger partial charge in [-0.2, -0.15) is 0 Å². The van der Waals surface area contributed by atoms with E-state index in [4.69, 9.17) is 5.11 Å². The minimum Gasteiger partial charge on any atom is -0.396 e. The average molecular weight is 156 g/mol. The van der Waals surface area contributed by atoms with Crippen molar-refractivity contribution >= 4 is 0 Å². The van der Waals surface area contributed by atoms with E-state index in [1.54, 1.807) is 0 Å². The van der Waals surface area contributed by atoms with Crippen molar-refractivity contribution in [2.45, 2.75) is 19.8 Å². The number of rotatable bonds is 4. The number of likely N-dealkylation sites (tertiary alicyclic amines) is 1. The SMILES string of the molecule is CC(CCO)CN1C[CH]CC1. The molecule has 0 saturated carbocycles. The van der Waals surface area contributed by atoms with Crippen molar-refractivity contribution in [3.05, 3.63) is 6.42 Å². The van der Waals surface area contributed by atoms with E-state index < -0.39 is 0 Å². The first kappa shape index (κ1) is 9.01. The van der Waals surface area contributed by atoms with Crippen molar-refractivity contribution in [1.82, 2.24) is 4.90 Å². The van der Waals surface area contributed by atoms with Crippen LogP contribution in [0.4, 0.5) is 0 Å². The Morgan fingerprint density at radius 2 is 2.45 bits per heavy atom. The van der Waals surface area contributed by atoms with E-state index in [0.29, 0.717) is 12.5 Å². The van der Waals surface area contributed by atoms with E-state index in [-0.39, 0.29) is 0 Å². The third kappa shape index (κ3) is 3.21. The quantitative estimate of drug-likeness (QED) is 0.654. The molecule has 1 aliphatic heterocycles. The maximum Gasteiger partial charge on any atom is 0.0434 e. The predicted molar refractivity (Wildman–Crippen MR) is 46.2 cm³/mol. The molecule has 1 atom stereocenters. The van der Waals surface area contributed by atoms with Gasteiger partial charge in [0.1, 0.15) is 0 Å². The first-order chi connectivity index (χ1) is 5.33. The fraction of sp³-hybridized carbons (Fsp3) is 0.889. The first-order valence-corrected chi connectivity index (χ1v) is 4.48. The average Bonchev–Trinajstić information content (AvgIpc) is 2.40. The zero-order chi connectivity index (χ0) is 8.10. The van der Waals surface area contributed by atoms with E-state index >= 15 is 0 Å². The summed E-state index contributed by atoms with van der Waals surface area (Å²) in [4.78, 5) is 2.44. The lowest BCUT2D eigenvalue weighted by molar-refractivity contribution is 0.226. The molecule has 1 rings (SSSR count). The smallest absolute Gasteiger partial charge is 0.0434 e. The molecule has 1 N–H and O–H groups in total. The van der Waals surface area contributed by atoms with Gasteiger partial charge < -0.3 is 10.0 Å². The van der Waals surface area contributed by atoms with Crippen LogP contribution in [0.25, 0.3) is 0 Å². The van der Waals surface area contributed by atoms with Gasteiger partial charge in [0, 0.05) is 19.7 Å². The highest BCUT2D eigenvalue weighted by Crippen LogP contribution is 2.10. The van der Waals surface area contributed by atoms with Gasteiger partial charge in [-0.3, -0.25) is 0 Å². The van der Waals surface area contributed by atoms with Crippen molar-refractivity contribution in [2.75, 3.05) is 26.2 Å². The largest absolute Gasteiger partial charge is 0.396 e. The molecule has 65 valence electrons. The second-order valence-electron chi connectivity index (χ2n) is 3.45. The van der Waals surface area contributed by atoms with Gasteiger partial charge in [-0.1, -0.05) is 6.92 Å². The topological polar surface area (TPSA) is 23.5 Å². The number of aliphatic hydroxyl groups excluding tert-OH is 1. The van der Waals surface area contributed by atoms with Gasteiger partial charge >= 0.3 is 0 Å². The molecule has 0 bridgehead atoms. The molecule has 1 aliphatic rings. The van der Waals surface area contributed by atoms with Crippen molar-refractivity contribution in [2.24, 2.45) is 5.92 Å². The van der Waals surface area contributed by atoms with Crippen molar-refractivity contribution in [1.29, 1.82) is 0 Å². The van der Waals surface area contributed by atoms with Crippen LogP contribution in [-0.2, 0) is 0 Å². The standard InChI is InChI=1S/C9H18NO/c1-9(4-7-11)8-10-5-2-3-6-10/h2,9,11H,3-8H2,1H3. The molecule has 0 aromatic rings. The van der Waals surface area contributed by atoms with Gasteiger partial charge in [-0.05, 0) is 31.7 Å². The molecule has 1 heterocycles. The highest BCUT2D eigenvalue weighted by atomic mass is 16.3. The molecule has 1 radical (unpaired) electrons. The van der Waals surface area contributed by atoms with Crippen LogP contribution in [0.1, 0.15) is 19.8 Å². The molecule has 1 unspecified atom stereocenters. The maximum atomic E-state index is 8.68. The Morgan fingerprint density at radius 3 is 3.00 bits per heavy atom. The summed E-state index contributed by atoms with van der Waals surface area (Å²) in [5.41, 5.74) is 0. The van der Waals surface area contributed by atoms with Crippen LogP contribution in [0.15, 0.2) is 0 Å². The van der Waals surface area contributed by atoms with Gasteiger partial charge in [0.2, 0.25) is 0 Å². The summed E-state index contributed by atoms with van der Waals surface area (Å²) < 4.78 is 0. The van der Waals surface area contributed by atoms with Crippen LogP contribution < -0.4 is 0 Å². The fourth-order valence-electron chi connectivity index (χ4n) is 1.56. The normalized spacial score (nSPS) is 22.4. The third-order valence-corrected chi connectivity index (χ3v) is 2.23. The van der Waals surface area contributed by atoms with Crippen LogP contribution in [-0.4, -0.2) is 36.2 Å². The van der Waals surface area contributed by atoms with E-state index in [1.165, 1.54) is 13.0 Å². The highest BCUT2D eigenvalue weighted by Gasteiger charge is 2.13. The van der Waals surface area contributed by atoms with E-state index in [2.05, 4.69) is 18.2 Å². The molecule has 2 heteroatoms. The number of hydrogen-bond donors (Lipinski definition) is 1. The van der Waals surface area contributed by atoms with Crippen LogP contribution in [0, 0.1) is 12.3 Å². The van der Waals surface area contributed by atoms with Gasteiger partial charge in [0.05, 0.1) is 0 Å². The molecule has 2 nitrogen and oxygen atoms in total. The predicted octanol–water partition coefficient (Wildman–Crippen LogP) is 0.915. The highest BCUT2D eigenvalue weighted by molar-refractivity contribution is 4.81. The summed E-state index contributed by atoms with van der Waals surface area (Å²) in [5, 5.41) is 8.68. The Balaban J connectivity index is 2.08. The number of nitrogens with zero attached hydrogens (tertiary/aromatic N) is 1. The Morgan fingerprint density at radius 1 is 1.64 bits per heavy atom. The number of hydrogen-bond acceptors (Lipinski definition) is 2. The summed E-state index contributed by atoms with van der Waals surface area (Å²) >= 11 is 0. The Kier molecular flexibility index (Phi) is 3.87. The summed E-state index contributed by atoms with van der Waals surface area (Å²) in [6.45, 7) is 6.05. The lowest BCUT2D eigenvalue weighted by Crippen LogP contribution is -2.25. The van der Waals surface area contributed by atoms with Crippen molar-refractivity contribution in [3.63, 3.8) is 0 Å². The van der Waals surface area contributed by atoms with Crippen molar-refractivity contribution in [3.8, 4) is 0 Å². The second kappa shape index (κ2) is 4.73. The zero-order valence-electron chi connectivity index (χ0n) is 7.29. The molecular formula is C9H18NO. The van der Waals surface area contributed by atoms with E-state index in [0.717, 1.165) is 19.5 Å². The fourth-order valence-corrected chi connectivity index (χ4v) is 1.56. The van der Waals surface area contributed by atoms with Crippen LogP contribution >= 0.6 is 0 Å². The van der Waals surface area contributed by atoms with Crippen LogP contribution in [0.2, 0.25) is 0 Å². The summed E-state index contributed by atoms with van der Waals surface area (Å²) in [6, 6.07) is 0. The molecule has 11 heavy (non-hydrogen) atoms. The summed E-state index contributed by atoms with van der Waals surface area (Å²) in [5.74, 6) is 0.645. The molecule has 0 amide bonds. The third-order valence-electron chi connectivity index (χ3n) is 2.23. The van der Waals surface area contributed by atoms with Gasteiger partial charge in [0.25, 0.3) is 0 Å². The zero-order valence-corrected chi connectivity index (χ0v) is 7.29. The molecule has 0 aliphatic carbocycles. The molecule has 1 saturated heterocycles. The Labute approximate surface area is 69.2 Å². The lowest BCUT2D eigenvalue weighted by atomic mass is 10.1. The minimum absolute atomic E-state index is 0.332. The molecule has 0 aromatic heterocycles. The van der Waals surface area contributed by atoms with E-state index in [1.807, 2.05) is 0 Å². The molecule has 1 fully saturated rings. The second-order valence-corrected chi connectivity index (χ2v) is 3.45. The number of aliphatic hydroxyl groups is 1. The molecule has 0 aromatic carbocycles. The van der Waals surface area contributed by atoms with Crippen LogP contribution in [0.3, 0.4) is 0 Å². The van der Waals surface area contributed by atoms with Gasteiger partial charge in [-0.15, -0.1) is 0 Å². The minimum atomic E-state index is 0.332. The van der Waals surface area contributed by atoms with Gasteiger partial charge in [0.15, 0.2) is 0 Å². The Bertz CT molecular complexity index is 99.7. The molecule has 0 spiro atoms. The van der Waals surface area contributed by atoms with Crippen LogP contribution in [0.5, 0.6) is 0 Å². The lowest BCUT2D eigenvalue weighted by Gasteiger charge is -2.18. The summed E-state index contributed by atoms with van der Waals surface area (Å²) in [7, 11) is 0. The van der Waals surface area contributed by atoms with E-state index in [9.17, 15) is 0 Å². The Hall–Kier alpha value is -0.0800. The monoisotopic (exact) mass is 156 g/mol.